The third-order valence-corrected chi connectivity index (χ3v) is 7.69. The highest BCUT2D eigenvalue weighted by Gasteiger charge is 2.33. The van der Waals surface area contributed by atoms with Crippen LogP contribution >= 0.6 is 43.2 Å². The largest absolute Gasteiger partial charge is 0.479 e. The second-order valence-corrected chi connectivity index (χ2v) is 10.7. The minimum Gasteiger partial charge on any atom is -0.479 e. The number of terminal acetylenes is 1. The Morgan fingerprint density at radius 2 is 1.89 bits per heavy atom. The summed E-state index contributed by atoms with van der Waals surface area (Å²) < 4.78 is 14.4. The van der Waals surface area contributed by atoms with Gasteiger partial charge in [0.1, 0.15) is 12.4 Å². The van der Waals surface area contributed by atoms with Crippen LogP contribution in [-0.2, 0) is 9.53 Å². The maximum atomic E-state index is 13.7. The molecule has 2 aromatic carbocycles. The Hall–Kier alpha value is -2.93. The molecule has 1 aliphatic rings. The van der Waals surface area contributed by atoms with E-state index in [9.17, 15) is 9.59 Å². The molecular formula is C27H22Br2N2O4S. The van der Waals surface area contributed by atoms with Crippen molar-refractivity contribution in [1.82, 2.24) is 4.57 Å². The number of allylic oxidation sites excluding steroid dienone is 1. The van der Waals surface area contributed by atoms with E-state index in [1.807, 2.05) is 43.3 Å². The van der Waals surface area contributed by atoms with E-state index in [4.69, 9.17) is 15.9 Å². The number of aromatic nitrogens is 1. The number of thiazole rings is 1. The predicted octanol–water partition coefficient (Wildman–Crippen LogP) is 4.64. The van der Waals surface area contributed by atoms with Gasteiger partial charge in [0.25, 0.3) is 5.56 Å². The molecule has 0 spiro atoms. The number of nitrogens with zero attached hydrogens (tertiary/aromatic N) is 2. The molecule has 1 aliphatic heterocycles. The van der Waals surface area contributed by atoms with E-state index < -0.39 is 12.0 Å². The van der Waals surface area contributed by atoms with Gasteiger partial charge in [-0.1, -0.05) is 47.1 Å². The lowest BCUT2D eigenvalue weighted by Crippen LogP contribution is -2.39. The fourth-order valence-electron chi connectivity index (χ4n) is 3.92. The molecule has 0 radical (unpaired) electrons. The number of hydrogen-bond acceptors (Lipinski definition) is 6. The van der Waals surface area contributed by atoms with E-state index in [1.54, 1.807) is 24.5 Å². The van der Waals surface area contributed by atoms with Gasteiger partial charge in [-0.3, -0.25) is 9.36 Å². The maximum Gasteiger partial charge on any atom is 0.338 e. The van der Waals surface area contributed by atoms with Crippen LogP contribution in [-0.4, -0.2) is 23.8 Å². The lowest BCUT2D eigenvalue weighted by molar-refractivity contribution is -0.139. The molecule has 6 nitrogen and oxygen atoms in total. The Balaban J connectivity index is 1.89. The summed E-state index contributed by atoms with van der Waals surface area (Å²) in [5, 5.41) is 0. The first-order valence-electron chi connectivity index (χ1n) is 11.1. The molecule has 3 aromatic rings. The predicted molar refractivity (Wildman–Crippen MR) is 148 cm³/mol. The second kappa shape index (κ2) is 11.0. The van der Waals surface area contributed by atoms with Gasteiger partial charge in [0, 0.05) is 0 Å². The van der Waals surface area contributed by atoms with Gasteiger partial charge >= 0.3 is 5.97 Å². The number of ether oxygens (including phenoxy) is 2. The molecule has 184 valence electrons. The Labute approximate surface area is 229 Å². The van der Waals surface area contributed by atoms with E-state index in [0.717, 1.165) is 16.7 Å². The van der Waals surface area contributed by atoms with Gasteiger partial charge in [-0.05, 0) is 82.0 Å². The van der Waals surface area contributed by atoms with E-state index in [1.165, 1.54) is 11.3 Å². The zero-order chi connectivity index (χ0) is 26.0. The summed E-state index contributed by atoms with van der Waals surface area (Å²) in [6.45, 7) is 5.88. The first kappa shape index (κ1) is 26.1. The fraction of sp³-hybridized carbons (Fsp3) is 0.222. The van der Waals surface area contributed by atoms with Crippen molar-refractivity contribution in [1.29, 1.82) is 0 Å². The van der Waals surface area contributed by atoms with Gasteiger partial charge in [-0.25, -0.2) is 9.79 Å². The molecule has 1 atom stereocenters. The Bertz CT molecular complexity index is 1570. The SMILES string of the molecule is C#CCOc1c(Br)cc(/C=c2/sc3n(c2=O)[C@H](c2ccc(C)cc2)C(C(=O)OCC)=C(C)N=3)cc1Br. The van der Waals surface area contributed by atoms with Crippen LogP contribution in [0.2, 0.25) is 0 Å². The van der Waals surface area contributed by atoms with Crippen molar-refractivity contribution in [2.45, 2.75) is 26.8 Å². The minimum atomic E-state index is -0.638. The third kappa shape index (κ3) is 5.12. The summed E-state index contributed by atoms with van der Waals surface area (Å²) in [4.78, 5) is 31.8. The molecule has 0 amide bonds. The molecular weight excluding hydrogens is 608 g/mol. The van der Waals surface area contributed by atoms with Crippen molar-refractivity contribution in [3.05, 3.63) is 93.0 Å². The quantitative estimate of drug-likeness (QED) is 0.294. The average molecular weight is 630 g/mol. The van der Waals surface area contributed by atoms with E-state index in [2.05, 4.69) is 42.8 Å². The van der Waals surface area contributed by atoms with Gasteiger partial charge < -0.3 is 9.47 Å². The van der Waals surface area contributed by atoms with Crippen LogP contribution in [0.1, 0.15) is 36.6 Å². The van der Waals surface area contributed by atoms with E-state index in [0.29, 0.717) is 35.3 Å². The van der Waals surface area contributed by atoms with Gasteiger partial charge in [-0.15, -0.1) is 6.42 Å². The Morgan fingerprint density at radius 1 is 1.22 bits per heavy atom. The van der Waals surface area contributed by atoms with Crippen molar-refractivity contribution in [3.63, 3.8) is 0 Å². The van der Waals surface area contributed by atoms with Crippen LogP contribution < -0.4 is 19.6 Å². The van der Waals surface area contributed by atoms with Gasteiger partial charge in [-0.2, -0.15) is 0 Å². The summed E-state index contributed by atoms with van der Waals surface area (Å²) >= 11 is 8.29. The van der Waals surface area contributed by atoms with Crippen molar-refractivity contribution in [3.8, 4) is 18.1 Å². The van der Waals surface area contributed by atoms with Crippen LogP contribution in [0.25, 0.3) is 6.08 Å². The number of halogens is 2. The fourth-order valence-corrected chi connectivity index (χ4v) is 6.42. The summed E-state index contributed by atoms with van der Waals surface area (Å²) in [5.41, 5.74) is 3.33. The molecule has 0 unspecified atom stereocenters. The summed E-state index contributed by atoms with van der Waals surface area (Å²) in [6.07, 6.45) is 7.09. The number of fused-ring (bicyclic) bond motifs is 1. The third-order valence-electron chi connectivity index (χ3n) is 5.53. The van der Waals surface area contributed by atoms with Gasteiger partial charge in [0.05, 0.1) is 37.4 Å². The molecule has 0 saturated heterocycles. The average Bonchev–Trinajstić information content (AvgIpc) is 3.12. The van der Waals surface area contributed by atoms with Crippen molar-refractivity contribution >= 4 is 55.2 Å². The molecule has 4 rings (SSSR count). The van der Waals surface area contributed by atoms with E-state index >= 15 is 0 Å². The van der Waals surface area contributed by atoms with Crippen LogP contribution in [0.15, 0.2) is 66.4 Å². The number of hydrogen-bond donors (Lipinski definition) is 0. The number of aryl methyl sites for hydroxylation is 1. The Morgan fingerprint density at radius 3 is 2.50 bits per heavy atom. The maximum absolute atomic E-state index is 13.7. The standard InChI is InChI=1S/C27H22Br2N2O4S/c1-5-11-35-24-19(28)12-17(13-20(24)29)14-21-25(32)31-23(18-9-7-15(3)8-10-18)22(26(33)34-6-2)16(4)30-27(31)36-21/h1,7-10,12-14,23H,6,11H2,2-4H3/b21-14+/t23-/m1/s1. The highest BCUT2D eigenvalue weighted by atomic mass is 79.9. The molecule has 0 bridgehead atoms. The Kier molecular flexibility index (Phi) is 7.98. The molecule has 1 aromatic heterocycles. The number of carbonyl (C=O) groups is 1. The molecule has 36 heavy (non-hydrogen) atoms. The normalized spacial score (nSPS) is 15.2. The summed E-state index contributed by atoms with van der Waals surface area (Å²) in [5.74, 6) is 2.55. The summed E-state index contributed by atoms with van der Waals surface area (Å²) in [7, 11) is 0. The summed E-state index contributed by atoms with van der Waals surface area (Å²) in [6, 6.07) is 10.8. The molecule has 0 saturated carbocycles. The van der Waals surface area contributed by atoms with Crippen molar-refractivity contribution in [2.24, 2.45) is 4.99 Å². The first-order valence-corrected chi connectivity index (χ1v) is 13.5. The van der Waals surface area contributed by atoms with Gasteiger partial charge in [0.2, 0.25) is 0 Å². The lowest BCUT2D eigenvalue weighted by Gasteiger charge is -2.24. The van der Waals surface area contributed by atoms with Crippen molar-refractivity contribution in [2.75, 3.05) is 13.2 Å². The van der Waals surface area contributed by atoms with Crippen LogP contribution in [0.4, 0.5) is 0 Å². The molecule has 9 heteroatoms. The van der Waals surface area contributed by atoms with Gasteiger partial charge in [0.15, 0.2) is 4.80 Å². The van der Waals surface area contributed by atoms with Crippen LogP contribution in [0.5, 0.6) is 5.75 Å². The number of rotatable bonds is 6. The smallest absolute Gasteiger partial charge is 0.338 e. The van der Waals surface area contributed by atoms with E-state index in [-0.39, 0.29) is 18.8 Å². The second-order valence-electron chi connectivity index (χ2n) is 8.02. The topological polar surface area (TPSA) is 69.9 Å². The molecule has 0 fully saturated rings. The monoisotopic (exact) mass is 628 g/mol. The highest BCUT2D eigenvalue weighted by molar-refractivity contribution is 9.11. The number of esters is 1. The highest BCUT2D eigenvalue weighted by Crippen LogP contribution is 2.35. The molecule has 2 heterocycles. The molecule has 0 N–H and O–H groups in total. The minimum absolute atomic E-state index is 0.135. The number of benzene rings is 2. The first-order chi connectivity index (χ1) is 17.2. The zero-order valence-electron chi connectivity index (χ0n) is 19.8. The molecule has 0 aliphatic carbocycles. The lowest BCUT2D eigenvalue weighted by atomic mass is 9.95. The van der Waals surface area contributed by atoms with Crippen molar-refractivity contribution < 1.29 is 14.3 Å². The van der Waals surface area contributed by atoms with Crippen LogP contribution in [0.3, 0.4) is 0 Å². The zero-order valence-corrected chi connectivity index (χ0v) is 23.8. The number of carbonyl (C=O) groups excluding carboxylic acids is 1. The van der Waals surface area contributed by atoms with Crippen LogP contribution in [0, 0.1) is 19.3 Å².